The van der Waals surface area contributed by atoms with Gasteiger partial charge in [-0.1, -0.05) is 0 Å². The van der Waals surface area contributed by atoms with E-state index in [-0.39, 0.29) is 160 Å². The summed E-state index contributed by atoms with van der Waals surface area (Å²) in [5.74, 6) is -1.82. The van der Waals surface area contributed by atoms with Gasteiger partial charge in [-0.15, -0.1) is 0 Å². The average molecular weight is 1010 g/mol. The fraction of sp³-hybridized carbons (Fsp3) is 0.750. The van der Waals surface area contributed by atoms with Crippen LogP contribution in [-0.4, -0.2) is 138 Å². The summed E-state index contributed by atoms with van der Waals surface area (Å²) in [6.45, 7) is 4.26. The van der Waals surface area contributed by atoms with E-state index in [0.29, 0.717) is 52.4 Å². The summed E-state index contributed by atoms with van der Waals surface area (Å²) in [6.07, 6.45) is 0. The van der Waals surface area contributed by atoms with Crippen molar-refractivity contribution in [2.75, 3.05) is 78.5 Å². The molecule has 0 aromatic heterocycles. The molecule has 1 rings (SSSR count). The Labute approximate surface area is 294 Å². The Morgan fingerprint density at radius 2 is 0.556 bits per heavy atom. The number of hydrogen-bond acceptors (Lipinski definition) is 8. The van der Waals surface area contributed by atoms with E-state index >= 15 is 0 Å². The third-order valence-corrected chi connectivity index (χ3v) is 4.45. The van der Waals surface area contributed by atoms with E-state index in [1.807, 2.05) is 19.6 Å². The molecule has 1 aliphatic heterocycles. The third kappa shape index (κ3) is 29.6. The summed E-state index contributed by atoms with van der Waals surface area (Å²) >= 11 is 0. The van der Waals surface area contributed by atoms with Crippen LogP contribution in [0, 0.1) is 39.9 Å². The van der Waals surface area contributed by atoms with Gasteiger partial charge in [0, 0.05) is 52.4 Å². The molecular weight excluding hydrogens is 970 g/mol. The van der Waals surface area contributed by atoms with E-state index in [2.05, 4.69) is 0 Å². The number of nitrogens with zero attached hydrogens (tertiary/aromatic N) is 4. The molecule has 4 amide bonds. The van der Waals surface area contributed by atoms with E-state index in [0.717, 1.165) is 0 Å². The Bertz CT molecular complexity index is 478. The van der Waals surface area contributed by atoms with Crippen LogP contribution in [0.1, 0.15) is 0 Å². The van der Waals surface area contributed by atoms with E-state index in [1.165, 1.54) is 0 Å². The maximum Gasteiger partial charge on any atom is 3.00 e. The van der Waals surface area contributed by atoms with Crippen LogP contribution in [-0.2, 0) is 24.7 Å². The van der Waals surface area contributed by atoms with Crippen LogP contribution in [0.5, 0.6) is 0 Å². The van der Waals surface area contributed by atoms with Crippen molar-refractivity contribution in [3.63, 3.8) is 0 Å². The van der Waals surface area contributed by atoms with Crippen LogP contribution < -0.4 is 94.9 Å². The molecule has 0 aliphatic carbocycles. The quantitative estimate of drug-likeness (QED) is 0.133. The van der Waals surface area contributed by atoms with Gasteiger partial charge in [-0.25, -0.2) is 0 Å². The first kappa shape index (κ1) is 57.1. The molecule has 0 unspecified atom stereocenters. The molecule has 17 N–H and O–H groups in total. The van der Waals surface area contributed by atoms with Crippen LogP contribution >= 0.6 is 0 Å². The molecule has 1 heterocycles. The Kier molecular flexibility index (Phi) is 51.2. The summed E-state index contributed by atoms with van der Waals surface area (Å²) in [5, 5.41) is 0. The van der Waals surface area contributed by atoms with Crippen molar-refractivity contribution in [2.24, 2.45) is 22.9 Å². The standard InChI is InChI=1S/C16H32N8O4.Gd.3HI.4H2O/c17-13(25)9-21-1-2-22(10-14(18)26)5-6-24(12-16(20)28)8-7-23(4-3-21)11-15(19)27;;;;;;;;/h1-12H2,(H2,17,25)(H2,18,26)(H2,19,27)(H2,20,28);;3*1H;4*1H2/q;+3;;;;;;;/p-2. The minimum Gasteiger partial charge on any atom is -1.00 e. The predicted octanol–water partition coefficient (Wildman–Crippen LogP) is -17.2. The first-order valence-corrected chi connectivity index (χ1v) is 9.18. The van der Waals surface area contributed by atoms with Crippen molar-refractivity contribution >= 4 is 23.6 Å². The van der Waals surface area contributed by atoms with Crippen LogP contribution in [0.25, 0.3) is 0 Å². The fourth-order valence-corrected chi connectivity index (χ4v) is 3.09. The molecular formula is C16H41GdI3N8O8+. The number of amides is 4. The molecule has 0 bridgehead atoms. The van der Waals surface area contributed by atoms with Gasteiger partial charge in [-0.2, -0.15) is 0 Å². The molecule has 1 saturated heterocycles. The normalized spacial score (nSPS) is 15.1. The maximum atomic E-state index is 11.4. The molecule has 0 spiro atoms. The van der Waals surface area contributed by atoms with Crippen molar-refractivity contribution < 1.29 is 153 Å². The number of primary amides is 4. The summed E-state index contributed by atoms with van der Waals surface area (Å²) in [6, 6.07) is 0. The summed E-state index contributed by atoms with van der Waals surface area (Å²) in [7, 11) is 0. The summed E-state index contributed by atoms with van der Waals surface area (Å²) in [4.78, 5) is 52.9. The van der Waals surface area contributed by atoms with E-state index in [9.17, 15) is 19.2 Å². The molecule has 0 aromatic carbocycles. The van der Waals surface area contributed by atoms with Gasteiger partial charge in [0.2, 0.25) is 23.6 Å². The van der Waals surface area contributed by atoms with Crippen LogP contribution in [0.4, 0.5) is 0 Å². The van der Waals surface area contributed by atoms with E-state index in [1.54, 1.807) is 0 Å². The number of carbonyl (C=O) groups excluding carboxylic acids is 4. The number of nitrogens with two attached hydrogens (primary N) is 4. The Hall–Kier alpha value is 1.07. The topological polar surface area (TPSA) is 313 Å². The number of halogens is 3. The zero-order chi connectivity index (χ0) is 21.1. The SMILES string of the molecule is NC(=O)CN1CCN(CC(N)=O)CCN(CC(N)=O)CCN(CC(N)=O)CC1.O.O.O.[Gd+3].[I-].[I-].[I-].[OH3+]. The van der Waals surface area contributed by atoms with Gasteiger partial charge in [0.25, 0.3) is 0 Å². The van der Waals surface area contributed by atoms with Crippen molar-refractivity contribution in [3.8, 4) is 0 Å². The van der Waals surface area contributed by atoms with Crippen molar-refractivity contribution in [2.45, 2.75) is 0 Å². The first-order valence-electron chi connectivity index (χ1n) is 9.18. The molecule has 1 radical (unpaired) electrons. The Morgan fingerprint density at radius 1 is 0.444 bits per heavy atom. The number of rotatable bonds is 8. The zero-order valence-corrected chi connectivity index (χ0v) is 28.5. The molecule has 0 aromatic rings. The smallest absolute Gasteiger partial charge is 1.00 e. The van der Waals surface area contributed by atoms with Gasteiger partial charge in [-0.3, -0.25) is 38.8 Å². The molecule has 36 heavy (non-hydrogen) atoms. The van der Waals surface area contributed by atoms with Gasteiger partial charge < -0.3 is 117 Å². The molecule has 0 saturated carbocycles. The second-order valence-electron chi connectivity index (χ2n) is 6.97. The van der Waals surface area contributed by atoms with Crippen LogP contribution in [0.15, 0.2) is 0 Å². The first-order chi connectivity index (χ1) is 13.2. The maximum absolute atomic E-state index is 11.4. The number of hydrogen-bond donors (Lipinski definition) is 4. The van der Waals surface area contributed by atoms with Crippen LogP contribution in [0.2, 0.25) is 0 Å². The van der Waals surface area contributed by atoms with Gasteiger partial charge >= 0.3 is 39.9 Å². The molecule has 221 valence electrons. The van der Waals surface area contributed by atoms with Gasteiger partial charge in [-0.05, 0) is 0 Å². The molecule has 1 fully saturated rings. The minimum absolute atomic E-state index is 0. The van der Waals surface area contributed by atoms with Crippen molar-refractivity contribution in [3.05, 3.63) is 0 Å². The number of carbonyl (C=O) groups is 4. The Balaban J connectivity index is -0.000000163. The second-order valence-corrected chi connectivity index (χ2v) is 6.97. The van der Waals surface area contributed by atoms with Crippen molar-refractivity contribution in [1.82, 2.24) is 19.6 Å². The largest absolute Gasteiger partial charge is 3.00 e. The Morgan fingerprint density at radius 3 is 0.639 bits per heavy atom. The molecule has 16 nitrogen and oxygen atoms in total. The zero-order valence-electron chi connectivity index (χ0n) is 19.8. The monoisotopic (exact) mass is 1010 g/mol. The van der Waals surface area contributed by atoms with Gasteiger partial charge in [0.05, 0.1) is 26.2 Å². The van der Waals surface area contributed by atoms with E-state index in [4.69, 9.17) is 22.9 Å². The third-order valence-electron chi connectivity index (χ3n) is 4.45. The fourth-order valence-electron chi connectivity index (χ4n) is 3.09. The van der Waals surface area contributed by atoms with Gasteiger partial charge in [0.1, 0.15) is 0 Å². The molecule has 1 aliphatic rings. The van der Waals surface area contributed by atoms with Crippen LogP contribution in [0.3, 0.4) is 0 Å². The predicted molar refractivity (Wildman–Crippen MR) is 118 cm³/mol. The average Bonchev–Trinajstić information content (AvgIpc) is 2.55. The molecule has 0 atom stereocenters. The molecule has 20 heteroatoms. The minimum atomic E-state index is -0.456. The van der Waals surface area contributed by atoms with Crippen molar-refractivity contribution in [1.29, 1.82) is 0 Å². The second kappa shape index (κ2) is 32.3. The summed E-state index contributed by atoms with van der Waals surface area (Å²) in [5.41, 5.74) is 21.3. The van der Waals surface area contributed by atoms with Gasteiger partial charge in [0.15, 0.2) is 0 Å². The van der Waals surface area contributed by atoms with E-state index < -0.39 is 23.6 Å². The summed E-state index contributed by atoms with van der Waals surface area (Å²) < 4.78 is 0.